The number of carbonyl (C=O) groups excluding carboxylic acids is 2. The molecular formula is C22H28N4O3. The smallest absolute Gasteiger partial charge is 0.233 e. The van der Waals surface area contributed by atoms with E-state index < -0.39 is 6.10 Å². The van der Waals surface area contributed by atoms with Gasteiger partial charge < -0.3 is 10.0 Å². The van der Waals surface area contributed by atoms with Crippen molar-refractivity contribution in [1.82, 2.24) is 14.8 Å². The number of anilines is 1. The number of aliphatic hydroxyl groups is 1. The van der Waals surface area contributed by atoms with Crippen LogP contribution in [0.25, 0.3) is 0 Å². The molecule has 154 valence electrons. The highest BCUT2D eigenvalue weighted by molar-refractivity contribution is 6.06. The van der Waals surface area contributed by atoms with Gasteiger partial charge >= 0.3 is 0 Å². The molecule has 4 aliphatic rings. The van der Waals surface area contributed by atoms with Gasteiger partial charge in [-0.3, -0.25) is 19.4 Å². The first-order valence-corrected chi connectivity index (χ1v) is 10.7. The monoisotopic (exact) mass is 396 g/mol. The van der Waals surface area contributed by atoms with Crippen LogP contribution >= 0.6 is 0 Å². The predicted octanol–water partition coefficient (Wildman–Crippen LogP) is 0.762. The maximum absolute atomic E-state index is 12.8. The van der Waals surface area contributed by atoms with E-state index in [4.69, 9.17) is 0 Å². The number of imide groups is 1. The third kappa shape index (κ3) is 3.36. The van der Waals surface area contributed by atoms with Crippen LogP contribution in [0.5, 0.6) is 0 Å². The SMILES string of the molecule is O=C1C2C3C=C[C@@H](C3)[C@@H]2C(=O)N1CC(O)CN1CCCN(c2ccccn2)CC1. The maximum Gasteiger partial charge on any atom is 0.233 e. The number of amides is 2. The Hall–Kier alpha value is -2.25. The van der Waals surface area contributed by atoms with E-state index in [1.807, 2.05) is 24.4 Å². The molecule has 3 unspecified atom stereocenters. The van der Waals surface area contributed by atoms with E-state index >= 15 is 0 Å². The van der Waals surface area contributed by atoms with Gasteiger partial charge in [-0.05, 0) is 43.4 Å². The molecule has 29 heavy (non-hydrogen) atoms. The Morgan fingerprint density at radius 1 is 1.00 bits per heavy atom. The van der Waals surface area contributed by atoms with E-state index in [2.05, 4.69) is 26.9 Å². The number of β-amino-alcohol motifs (C(OH)–C–C–N with tert-alkyl or cyclic N) is 1. The highest BCUT2D eigenvalue weighted by Gasteiger charge is 2.59. The average Bonchev–Trinajstić information content (AvgIpc) is 3.35. The first-order valence-electron chi connectivity index (χ1n) is 10.7. The van der Waals surface area contributed by atoms with Gasteiger partial charge in [0, 0.05) is 32.4 Å². The number of nitrogens with zero attached hydrogens (tertiary/aromatic N) is 4. The zero-order valence-electron chi connectivity index (χ0n) is 16.6. The van der Waals surface area contributed by atoms with Crippen molar-refractivity contribution in [3.8, 4) is 0 Å². The van der Waals surface area contributed by atoms with Crippen LogP contribution in [0.15, 0.2) is 36.5 Å². The van der Waals surface area contributed by atoms with Crippen molar-refractivity contribution in [1.29, 1.82) is 0 Å². The van der Waals surface area contributed by atoms with Crippen molar-refractivity contribution in [3.63, 3.8) is 0 Å². The van der Waals surface area contributed by atoms with Gasteiger partial charge in [0.2, 0.25) is 11.8 Å². The highest BCUT2D eigenvalue weighted by atomic mass is 16.3. The summed E-state index contributed by atoms with van der Waals surface area (Å²) in [5.41, 5.74) is 0. The van der Waals surface area contributed by atoms with Gasteiger partial charge in [0.05, 0.1) is 24.5 Å². The number of rotatable bonds is 5. The number of pyridine rings is 1. The fourth-order valence-electron chi connectivity index (χ4n) is 5.63. The molecule has 2 amide bonds. The van der Waals surface area contributed by atoms with Crippen molar-refractivity contribution in [2.45, 2.75) is 18.9 Å². The molecule has 7 heteroatoms. The molecule has 5 atom stereocenters. The number of aliphatic hydroxyl groups excluding tert-OH is 1. The lowest BCUT2D eigenvalue weighted by atomic mass is 9.85. The van der Waals surface area contributed by atoms with Gasteiger partial charge in [-0.1, -0.05) is 18.2 Å². The first kappa shape index (κ1) is 18.8. The second-order valence-corrected chi connectivity index (χ2v) is 8.77. The zero-order valence-corrected chi connectivity index (χ0v) is 16.6. The maximum atomic E-state index is 12.8. The lowest BCUT2D eigenvalue weighted by Gasteiger charge is -2.26. The van der Waals surface area contributed by atoms with E-state index in [0.29, 0.717) is 6.54 Å². The van der Waals surface area contributed by atoms with Crippen LogP contribution in [0.4, 0.5) is 5.82 Å². The average molecular weight is 396 g/mol. The van der Waals surface area contributed by atoms with Crippen molar-refractivity contribution in [2.75, 3.05) is 44.2 Å². The number of fused-ring (bicyclic) bond motifs is 5. The minimum absolute atomic E-state index is 0.0758. The molecule has 1 aromatic rings. The molecule has 3 heterocycles. The van der Waals surface area contributed by atoms with E-state index in [1.54, 1.807) is 0 Å². The largest absolute Gasteiger partial charge is 0.390 e. The fourth-order valence-corrected chi connectivity index (χ4v) is 5.63. The van der Waals surface area contributed by atoms with E-state index in [0.717, 1.165) is 44.8 Å². The Morgan fingerprint density at radius 2 is 1.76 bits per heavy atom. The number of allylic oxidation sites excluding steroid dienone is 2. The quantitative estimate of drug-likeness (QED) is 0.585. The van der Waals surface area contributed by atoms with Crippen LogP contribution in [-0.4, -0.2) is 77.1 Å². The Balaban J connectivity index is 1.16. The van der Waals surface area contributed by atoms with Crippen LogP contribution in [-0.2, 0) is 9.59 Å². The van der Waals surface area contributed by atoms with E-state index in [1.165, 1.54) is 4.90 Å². The second kappa shape index (κ2) is 7.54. The molecule has 0 aromatic carbocycles. The Morgan fingerprint density at radius 3 is 2.45 bits per heavy atom. The minimum atomic E-state index is -0.714. The topological polar surface area (TPSA) is 77.0 Å². The standard InChI is InChI=1S/C22H28N4O3/c27-17(13-24-8-3-9-25(11-10-24)18-4-1-2-7-23-18)14-26-21(28)19-15-5-6-16(12-15)20(19)22(26)29/h1-2,4-7,15-17,19-20,27H,3,8-14H2/t15-,16?,17?,19-,20?/m0/s1. The molecule has 0 radical (unpaired) electrons. The highest BCUT2D eigenvalue weighted by Crippen LogP contribution is 2.52. The zero-order chi connectivity index (χ0) is 20.0. The summed E-state index contributed by atoms with van der Waals surface area (Å²) in [7, 11) is 0. The van der Waals surface area contributed by atoms with Crippen LogP contribution in [0, 0.1) is 23.7 Å². The van der Waals surface area contributed by atoms with E-state index in [9.17, 15) is 14.7 Å². The van der Waals surface area contributed by atoms with Crippen LogP contribution in [0.1, 0.15) is 12.8 Å². The summed E-state index contributed by atoms with van der Waals surface area (Å²) in [6, 6.07) is 5.93. The minimum Gasteiger partial charge on any atom is -0.390 e. The molecule has 2 aliphatic heterocycles. The van der Waals surface area contributed by atoms with Gasteiger partial charge in [0.25, 0.3) is 0 Å². The summed E-state index contributed by atoms with van der Waals surface area (Å²) in [5.74, 6) is 0.891. The molecular weight excluding hydrogens is 368 g/mol. The van der Waals surface area contributed by atoms with Gasteiger partial charge in [-0.2, -0.15) is 0 Å². The summed E-state index contributed by atoms with van der Waals surface area (Å²) in [5, 5.41) is 10.7. The summed E-state index contributed by atoms with van der Waals surface area (Å²) in [4.78, 5) is 35.9. The molecule has 5 rings (SSSR count). The Labute approximate surface area is 171 Å². The predicted molar refractivity (Wildman–Crippen MR) is 108 cm³/mol. The van der Waals surface area contributed by atoms with Crippen molar-refractivity contribution in [3.05, 3.63) is 36.5 Å². The van der Waals surface area contributed by atoms with E-state index in [-0.39, 0.29) is 42.0 Å². The lowest BCUT2D eigenvalue weighted by molar-refractivity contribution is -0.142. The summed E-state index contributed by atoms with van der Waals surface area (Å²) in [6.07, 6.45) is 7.22. The molecule has 0 spiro atoms. The normalized spacial score (nSPS) is 32.7. The summed E-state index contributed by atoms with van der Waals surface area (Å²) < 4.78 is 0. The molecule has 2 bridgehead atoms. The van der Waals surface area contributed by atoms with Gasteiger partial charge in [0.15, 0.2) is 0 Å². The summed E-state index contributed by atoms with van der Waals surface area (Å²) in [6.45, 7) is 4.10. The van der Waals surface area contributed by atoms with Crippen LogP contribution in [0.2, 0.25) is 0 Å². The van der Waals surface area contributed by atoms with Crippen molar-refractivity contribution >= 4 is 17.6 Å². The first-order chi connectivity index (χ1) is 14.1. The van der Waals surface area contributed by atoms with Gasteiger partial charge in [-0.25, -0.2) is 4.98 Å². The number of hydrogen-bond donors (Lipinski definition) is 1. The third-order valence-electron chi connectivity index (χ3n) is 6.99. The molecule has 1 saturated carbocycles. The van der Waals surface area contributed by atoms with Gasteiger partial charge in [0.1, 0.15) is 5.82 Å². The number of hydrogen-bond acceptors (Lipinski definition) is 6. The Bertz CT molecular complexity index is 784. The second-order valence-electron chi connectivity index (χ2n) is 8.77. The van der Waals surface area contributed by atoms with Gasteiger partial charge in [-0.15, -0.1) is 0 Å². The third-order valence-corrected chi connectivity index (χ3v) is 6.99. The van der Waals surface area contributed by atoms with Crippen LogP contribution < -0.4 is 4.90 Å². The fraction of sp³-hybridized carbons (Fsp3) is 0.591. The molecule has 7 nitrogen and oxygen atoms in total. The molecule has 2 aliphatic carbocycles. The summed E-state index contributed by atoms with van der Waals surface area (Å²) >= 11 is 0. The molecule has 1 N–H and O–H groups in total. The van der Waals surface area contributed by atoms with Crippen molar-refractivity contribution < 1.29 is 14.7 Å². The molecule has 1 aromatic heterocycles. The Kier molecular flexibility index (Phi) is 4.87. The molecule has 3 fully saturated rings. The van der Waals surface area contributed by atoms with Crippen molar-refractivity contribution in [2.24, 2.45) is 23.7 Å². The molecule has 2 saturated heterocycles. The lowest BCUT2D eigenvalue weighted by Crippen LogP contribution is -2.44. The number of aromatic nitrogens is 1. The number of likely N-dealkylation sites (tertiary alicyclic amines) is 1. The number of carbonyl (C=O) groups is 2. The van der Waals surface area contributed by atoms with Crippen LogP contribution in [0.3, 0.4) is 0 Å².